The summed E-state index contributed by atoms with van der Waals surface area (Å²) in [4.78, 5) is 10.1. The van der Waals surface area contributed by atoms with E-state index in [1.165, 1.54) is 72.0 Å². The standard InChI is InChI=1S/C38H20N2S4/c1-3-7-31-25(5-1)27-17-21(9-13-33(27)41-31)23-11-15-35-29(19-23)39-37(43-35)38-40-30-20-24(12-16-36(30)44-38)22-10-14-34-28(18-22)26-6-2-4-8-32(26)42-34/h1-20H. The first-order chi connectivity index (χ1) is 21.7. The molecule has 0 N–H and O–H groups in total. The van der Waals surface area contributed by atoms with Gasteiger partial charge in [0.25, 0.3) is 0 Å². The third kappa shape index (κ3) is 3.89. The Labute approximate surface area is 268 Å². The molecule has 0 bridgehead atoms. The molecule has 0 fully saturated rings. The zero-order valence-corrected chi connectivity index (χ0v) is 26.3. The maximum absolute atomic E-state index is 5.07. The van der Waals surface area contributed by atoms with Gasteiger partial charge in [-0.1, -0.05) is 60.7 Å². The zero-order chi connectivity index (χ0) is 28.8. The van der Waals surface area contributed by atoms with Crippen LogP contribution in [0.25, 0.3) is 93.0 Å². The van der Waals surface area contributed by atoms with Gasteiger partial charge in [-0.3, -0.25) is 0 Å². The molecule has 0 unspecified atom stereocenters. The molecule has 6 heteroatoms. The van der Waals surface area contributed by atoms with Gasteiger partial charge in [-0.25, -0.2) is 9.97 Å². The van der Waals surface area contributed by atoms with Gasteiger partial charge in [-0.05, 0) is 82.9 Å². The van der Waals surface area contributed by atoms with E-state index < -0.39 is 0 Å². The number of nitrogens with zero attached hydrogens (tertiary/aromatic N) is 2. The summed E-state index contributed by atoms with van der Waals surface area (Å²) in [5.74, 6) is 0. The molecule has 10 rings (SSSR count). The lowest BCUT2D eigenvalue weighted by atomic mass is 10.0. The second-order valence-electron chi connectivity index (χ2n) is 11.0. The van der Waals surface area contributed by atoms with E-state index in [-0.39, 0.29) is 0 Å². The molecule has 0 spiro atoms. The Balaban J connectivity index is 1.01. The smallest absolute Gasteiger partial charge is 0.153 e. The minimum Gasteiger partial charge on any atom is -0.233 e. The number of thiophene rings is 2. The molecule has 4 aromatic heterocycles. The highest BCUT2D eigenvalue weighted by Gasteiger charge is 2.15. The maximum atomic E-state index is 5.07. The Bertz CT molecular complexity index is 2550. The van der Waals surface area contributed by atoms with E-state index in [4.69, 9.17) is 9.97 Å². The summed E-state index contributed by atoms with van der Waals surface area (Å²) < 4.78 is 7.68. The fraction of sp³-hybridized carbons (Fsp3) is 0. The molecule has 0 aliphatic rings. The van der Waals surface area contributed by atoms with Gasteiger partial charge in [0, 0.05) is 40.3 Å². The normalized spacial score (nSPS) is 12.1. The lowest BCUT2D eigenvalue weighted by molar-refractivity contribution is 1.42. The molecule has 0 aliphatic heterocycles. The summed E-state index contributed by atoms with van der Waals surface area (Å²) in [6.07, 6.45) is 0. The van der Waals surface area contributed by atoms with Gasteiger partial charge in [0.1, 0.15) is 0 Å². The van der Waals surface area contributed by atoms with Crippen LogP contribution in [0.5, 0.6) is 0 Å². The van der Waals surface area contributed by atoms with Crippen molar-refractivity contribution in [3.8, 4) is 32.3 Å². The highest BCUT2D eigenvalue weighted by atomic mass is 32.1. The van der Waals surface area contributed by atoms with Crippen molar-refractivity contribution in [2.45, 2.75) is 0 Å². The topological polar surface area (TPSA) is 25.8 Å². The molecule has 0 aliphatic carbocycles. The summed E-state index contributed by atoms with van der Waals surface area (Å²) in [5, 5.41) is 7.24. The Morgan fingerprint density at radius 2 is 0.705 bits per heavy atom. The van der Waals surface area contributed by atoms with E-state index in [0.717, 1.165) is 21.0 Å². The van der Waals surface area contributed by atoms with Crippen LogP contribution in [-0.2, 0) is 0 Å². The lowest BCUT2D eigenvalue weighted by Crippen LogP contribution is -1.79. The van der Waals surface area contributed by atoms with E-state index in [0.29, 0.717) is 0 Å². The van der Waals surface area contributed by atoms with Gasteiger partial charge < -0.3 is 0 Å². The number of thiazole rings is 2. The second kappa shape index (κ2) is 9.52. The third-order valence-electron chi connectivity index (χ3n) is 8.38. The quantitative estimate of drug-likeness (QED) is 0.194. The van der Waals surface area contributed by atoms with Crippen LogP contribution in [0.4, 0.5) is 0 Å². The fourth-order valence-electron chi connectivity index (χ4n) is 6.21. The number of benzene rings is 6. The van der Waals surface area contributed by atoms with Crippen molar-refractivity contribution in [2.24, 2.45) is 0 Å². The van der Waals surface area contributed by atoms with E-state index in [2.05, 4.69) is 121 Å². The maximum Gasteiger partial charge on any atom is 0.153 e. The monoisotopic (exact) mass is 632 g/mol. The van der Waals surface area contributed by atoms with Gasteiger partial charge in [0.15, 0.2) is 10.0 Å². The third-order valence-corrected chi connectivity index (χ3v) is 12.9. The first-order valence-corrected chi connectivity index (χ1v) is 17.7. The largest absolute Gasteiger partial charge is 0.233 e. The average molecular weight is 633 g/mol. The first kappa shape index (κ1) is 24.9. The molecule has 0 radical (unpaired) electrons. The molecule has 2 nitrogen and oxygen atoms in total. The minimum absolute atomic E-state index is 0.977. The second-order valence-corrected chi connectivity index (χ2v) is 15.3. The molecule has 44 heavy (non-hydrogen) atoms. The van der Waals surface area contributed by atoms with Crippen LogP contribution in [-0.4, -0.2) is 9.97 Å². The van der Waals surface area contributed by atoms with Gasteiger partial charge in [-0.15, -0.1) is 45.3 Å². The summed E-state index contributed by atoms with van der Waals surface area (Å²) in [6.45, 7) is 0. The Hall–Kier alpha value is -4.46. The van der Waals surface area contributed by atoms with Crippen molar-refractivity contribution < 1.29 is 0 Å². The summed E-state index contributed by atoms with van der Waals surface area (Å²) in [6, 6.07) is 44.2. The van der Waals surface area contributed by atoms with E-state index in [9.17, 15) is 0 Å². The van der Waals surface area contributed by atoms with Crippen molar-refractivity contribution in [1.29, 1.82) is 0 Å². The molecule has 6 aromatic carbocycles. The van der Waals surface area contributed by atoms with Crippen LogP contribution in [0.1, 0.15) is 0 Å². The summed E-state index contributed by atoms with van der Waals surface area (Å²) in [5.41, 5.74) is 6.87. The van der Waals surface area contributed by atoms with E-state index >= 15 is 0 Å². The van der Waals surface area contributed by atoms with Gasteiger partial charge >= 0.3 is 0 Å². The van der Waals surface area contributed by atoms with Crippen molar-refractivity contribution in [2.75, 3.05) is 0 Å². The molecular weight excluding hydrogens is 613 g/mol. The number of fused-ring (bicyclic) bond motifs is 8. The number of hydrogen-bond acceptors (Lipinski definition) is 6. The van der Waals surface area contributed by atoms with E-state index in [1.807, 2.05) is 22.7 Å². The first-order valence-electron chi connectivity index (χ1n) is 14.4. The molecule has 0 atom stereocenters. The van der Waals surface area contributed by atoms with Crippen LogP contribution in [0.2, 0.25) is 0 Å². The van der Waals surface area contributed by atoms with Crippen LogP contribution in [0.3, 0.4) is 0 Å². The minimum atomic E-state index is 0.977. The molecule has 0 amide bonds. The molecule has 4 heterocycles. The van der Waals surface area contributed by atoms with Crippen LogP contribution in [0, 0.1) is 0 Å². The molecule has 10 aromatic rings. The highest BCUT2D eigenvalue weighted by Crippen LogP contribution is 2.41. The van der Waals surface area contributed by atoms with Crippen LogP contribution < -0.4 is 0 Å². The highest BCUT2D eigenvalue weighted by molar-refractivity contribution is 7.28. The Kier molecular flexibility index (Phi) is 5.39. The SMILES string of the molecule is c1ccc2c(c1)sc1ccc(-c3ccc4sc(-c5nc6cc(-c7ccc8sc9ccccc9c8c7)ccc6s5)nc4c3)cc12. The van der Waals surface area contributed by atoms with Crippen molar-refractivity contribution in [3.63, 3.8) is 0 Å². The van der Waals surface area contributed by atoms with Gasteiger partial charge in [0.2, 0.25) is 0 Å². The Morgan fingerprint density at radius 1 is 0.318 bits per heavy atom. The van der Waals surface area contributed by atoms with Crippen LogP contribution >= 0.6 is 45.3 Å². The lowest BCUT2D eigenvalue weighted by Gasteiger charge is -2.02. The summed E-state index contributed by atoms with van der Waals surface area (Å²) >= 11 is 7.15. The fourth-order valence-corrected chi connectivity index (χ4v) is 10.3. The predicted molar refractivity (Wildman–Crippen MR) is 195 cm³/mol. The number of aromatic nitrogens is 2. The average Bonchev–Trinajstić information content (AvgIpc) is 3.85. The molecule has 206 valence electrons. The molecule has 0 saturated heterocycles. The van der Waals surface area contributed by atoms with Crippen molar-refractivity contribution in [3.05, 3.63) is 121 Å². The summed E-state index contributed by atoms with van der Waals surface area (Å²) in [7, 11) is 0. The Morgan fingerprint density at radius 3 is 1.18 bits per heavy atom. The zero-order valence-electron chi connectivity index (χ0n) is 23.1. The molecule has 0 saturated carbocycles. The number of rotatable bonds is 3. The van der Waals surface area contributed by atoms with Crippen LogP contribution in [0.15, 0.2) is 121 Å². The van der Waals surface area contributed by atoms with E-state index in [1.54, 1.807) is 22.7 Å². The van der Waals surface area contributed by atoms with Crippen molar-refractivity contribution in [1.82, 2.24) is 9.97 Å². The molecular formula is C38H20N2S4. The predicted octanol–water partition coefficient (Wildman–Crippen LogP) is 12.6. The van der Waals surface area contributed by atoms with Crippen molar-refractivity contribution >= 4 is 106 Å². The van der Waals surface area contributed by atoms with Gasteiger partial charge in [0.05, 0.1) is 20.4 Å². The van der Waals surface area contributed by atoms with Gasteiger partial charge in [-0.2, -0.15) is 0 Å². The number of hydrogen-bond donors (Lipinski definition) is 0.